The van der Waals surface area contributed by atoms with E-state index < -0.39 is 15.8 Å². The van der Waals surface area contributed by atoms with Gasteiger partial charge in [-0.05, 0) is 40.0 Å². The summed E-state index contributed by atoms with van der Waals surface area (Å²) < 4.78 is 23.9. The van der Waals surface area contributed by atoms with E-state index >= 15 is 0 Å². The van der Waals surface area contributed by atoms with Crippen molar-refractivity contribution in [2.75, 3.05) is 18.1 Å². The summed E-state index contributed by atoms with van der Waals surface area (Å²) in [5.74, 6) is -0.819. The van der Waals surface area contributed by atoms with Gasteiger partial charge in [0.2, 0.25) is 0 Å². The van der Waals surface area contributed by atoms with E-state index in [1.807, 2.05) is 12.1 Å². The highest BCUT2D eigenvalue weighted by molar-refractivity contribution is 9.10. The summed E-state index contributed by atoms with van der Waals surface area (Å²) in [5.41, 5.74) is 0.886. The fraction of sp³-hybridized carbons (Fsp3) is 0.462. The van der Waals surface area contributed by atoms with Gasteiger partial charge in [0.05, 0.1) is 23.1 Å². The molecule has 1 aliphatic rings. The van der Waals surface area contributed by atoms with E-state index in [1.54, 1.807) is 11.0 Å². The van der Waals surface area contributed by atoms with Crippen LogP contribution in [0.2, 0.25) is 5.02 Å². The molecule has 5 nitrogen and oxygen atoms in total. The van der Waals surface area contributed by atoms with Gasteiger partial charge in [-0.15, -0.1) is 0 Å². The van der Waals surface area contributed by atoms with Crippen LogP contribution in [0.15, 0.2) is 22.7 Å². The Hall–Kier alpha value is -0.630. The first kappa shape index (κ1) is 16.7. The first-order valence-corrected chi connectivity index (χ1v) is 9.36. The number of hydrogen-bond acceptors (Lipinski definition) is 4. The van der Waals surface area contributed by atoms with E-state index in [0.29, 0.717) is 18.0 Å². The SMILES string of the molecule is O=C(O)CN(Cc1ccc(Cl)c(Br)c1)C1CCS(=O)(=O)C1. The Morgan fingerprint density at radius 2 is 2.19 bits per heavy atom. The molecule has 116 valence electrons. The second-order valence-electron chi connectivity index (χ2n) is 5.10. The third-order valence-electron chi connectivity index (χ3n) is 3.43. The molecule has 0 aliphatic carbocycles. The lowest BCUT2D eigenvalue weighted by atomic mass is 10.1. The Kier molecular flexibility index (Phi) is 5.29. The smallest absolute Gasteiger partial charge is 0.317 e. The largest absolute Gasteiger partial charge is 0.480 e. The fourth-order valence-corrected chi connectivity index (χ4v) is 4.73. The van der Waals surface area contributed by atoms with E-state index in [0.717, 1.165) is 10.0 Å². The number of benzene rings is 1. The quantitative estimate of drug-likeness (QED) is 0.825. The van der Waals surface area contributed by atoms with Crippen LogP contribution in [0.1, 0.15) is 12.0 Å². The summed E-state index contributed by atoms with van der Waals surface area (Å²) in [4.78, 5) is 12.7. The van der Waals surface area contributed by atoms with Crippen LogP contribution in [-0.2, 0) is 21.2 Å². The monoisotopic (exact) mass is 395 g/mol. The number of hydrogen-bond donors (Lipinski definition) is 1. The van der Waals surface area contributed by atoms with E-state index in [9.17, 15) is 13.2 Å². The normalized spacial score (nSPS) is 20.8. The number of sulfone groups is 1. The molecule has 0 bridgehead atoms. The summed E-state index contributed by atoms with van der Waals surface area (Å²) >= 11 is 9.26. The van der Waals surface area contributed by atoms with Gasteiger partial charge in [0.1, 0.15) is 0 Å². The Morgan fingerprint density at radius 3 is 2.71 bits per heavy atom. The minimum atomic E-state index is -3.05. The molecule has 1 aromatic carbocycles. The molecule has 0 radical (unpaired) electrons. The maximum atomic E-state index is 11.6. The predicted octanol–water partition coefficient (Wildman–Crippen LogP) is 2.18. The molecule has 1 unspecified atom stereocenters. The first-order chi connectivity index (χ1) is 9.77. The van der Waals surface area contributed by atoms with Crippen LogP contribution >= 0.6 is 27.5 Å². The molecule has 1 aromatic rings. The molecule has 1 atom stereocenters. The maximum Gasteiger partial charge on any atom is 0.317 e. The second kappa shape index (κ2) is 6.64. The van der Waals surface area contributed by atoms with Crippen LogP contribution in [0, 0.1) is 0 Å². The first-order valence-electron chi connectivity index (χ1n) is 6.37. The van der Waals surface area contributed by atoms with Crippen molar-refractivity contribution >= 4 is 43.3 Å². The average molecular weight is 397 g/mol. The molecular weight excluding hydrogens is 382 g/mol. The molecule has 1 N–H and O–H groups in total. The minimum Gasteiger partial charge on any atom is -0.480 e. The molecule has 2 rings (SSSR count). The number of carboxylic acids is 1. The van der Waals surface area contributed by atoms with Gasteiger partial charge in [-0.1, -0.05) is 17.7 Å². The van der Waals surface area contributed by atoms with Crippen molar-refractivity contribution in [2.45, 2.75) is 19.0 Å². The van der Waals surface area contributed by atoms with Crippen molar-refractivity contribution in [2.24, 2.45) is 0 Å². The van der Waals surface area contributed by atoms with Crippen molar-refractivity contribution in [3.63, 3.8) is 0 Å². The highest BCUT2D eigenvalue weighted by Gasteiger charge is 2.33. The summed E-state index contributed by atoms with van der Waals surface area (Å²) in [7, 11) is -3.05. The molecule has 1 fully saturated rings. The van der Waals surface area contributed by atoms with Gasteiger partial charge in [-0.25, -0.2) is 8.42 Å². The minimum absolute atomic E-state index is 0.0229. The molecule has 1 heterocycles. The van der Waals surface area contributed by atoms with Gasteiger partial charge in [0.15, 0.2) is 9.84 Å². The standard InChI is InChI=1S/C13H15BrClNO4S/c14-11-5-9(1-2-12(11)15)6-16(7-13(17)18)10-3-4-21(19,20)8-10/h1-2,5,10H,3-4,6-8H2,(H,17,18). The third kappa shape index (κ3) is 4.67. The van der Waals surface area contributed by atoms with E-state index in [1.165, 1.54) is 0 Å². The van der Waals surface area contributed by atoms with Crippen molar-refractivity contribution in [3.05, 3.63) is 33.3 Å². The summed E-state index contributed by atoms with van der Waals surface area (Å²) in [6.45, 7) is 0.197. The highest BCUT2D eigenvalue weighted by Crippen LogP contribution is 2.25. The van der Waals surface area contributed by atoms with Gasteiger partial charge in [-0.3, -0.25) is 9.69 Å². The molecule has 1 saturated heterocycles. The summed E-state index contributed by atoms with van der Waals surface area (Å²) in [5, 5.41) is 9.61. The Morgan fingerprint density at radius 1 is 1.48 bits per heavy atom. The van der Waals surface area contributed by atoms with Crippen LogP contribution in [0.3, 0.4) is 0 Å². The average Bonchev–Trinajstić information content (AvgIpc) is 2.73. The van der Waals surface area contributed by atoms with Gasteiger partial charge in [0, 0.05) is 17.1 Å². The number of carboxylic acid groups (broad SMARTS) is 1. The molecule has 21 heavy (non-hydrogen) atoms. The van der Waals surface area contributed by atoms with Crippen LogP contribution in [0.4, 0.5) is 0 Å². The highest BCUT2D eigenvalue weighted by atomic mass is 79.9. The summed E-state index contributed by atoms with van der Waals surface area (Å²) in [6.07, 6.45) is 0.477. The molecule has 0 amide bonds. The van der Waals surface area contributed by atoms with E-state index in [2.05, 4.69) is 15.9 Å². The second-order valence-corrected chi connectivity index (χ2v) is 8.59. The number of rotatable bonds is 5. The van der Waals surface area contributed by atoms with Gasteiger partial charge < -0.3 is 5.11 Å². The Balaban J connectivity index is 2.16. The van der Waals surface area contributed by atoms with E-state index in [4.69, 9.17) is 16.7 Å². The number of aliphatic carboxylic acids is 1. The van der Waals surface area contributed by atoms with Crippen LogP contribution < -0.4 is 0 Å². The predicted molar refractivity (Wildman–Crippen MR) is 84.3 cm³/mol. The lowest BCUT2D eigenvalue weighted by Gasteiger charge is -2.26. The molecule has 0 spiro atoms. The lowest BCUT2D eigenvalue weighted by Crippen LogP contribution is -2.39. The van der Waals surface area contributed by atoms with Crippen LogP contribution in [0.25, 0.3) is 0 Å². The number of halogens is 2. The molecular formula is C13H15BrClNO4S. The number of carbonyl (C=O) groups is 1. The number of nitrogens with zero attached hydrogens (tertiary/aromatic N) is 1. The van der Waals surface area contributed by atoms with Crippen LogP contribution in [-0.4, -0.2) is 48.5 Å². The van der Waals surface area contributed by atoms with Gasteiger partial charge in [0.25, 0.3) is 0 Å². The van der Waals surface area contributed by atoms with Crippen molar-refractivity contribution < 1.29 is 18.3 Å². The zero-order valence-electron chi connectivity index (χ0n) is 11.1. The molecule has 0 saturated carbocycles. The molecule has 1 aliphatic heterocycles. The van der Waals surface area contributed by atoms with Crippen molar-refractivity contribution in [1.29, 1.82) is 0 Å². The van der Waals surface area contributed by atoms with Crippen molar-refractivity contribution in [1.82, 2.24) is 4.90 Å². The van der Waals surface area contributed by atoms with E-state index in [-0.39, 0.29) is 24.1 Å². The molecule has 8 heteroatoms. The maximum absolute atomic E-state index is 11.6. The van der Waals surface area contributed by atoms with Crippen LogP contribution in [0.5, 0.6) is 0 Å². The molecule has 0 aromatic heterocycles. The Bertz CT molecular complexity index is 650. The zero-order valence-corrected chi connectivity index (χ0v) is 14.3. The fourth-order valence-electron chi connectivity index (χ4n) is 2.42. The Labute approximate surface area is 136 Å². The topological polar surface area (TPSA) is 74.7 Å². The zero-order chi connectivity index (χ0) is 15.6. The third-order valence-corrected chi connectivity index (χ3v) is 6.40. The summed E-state index contributed by atoms with van der Waals surface area (Å²) in [6, 6.07) is 5.11. The van der Waals surface area contributed by atoms with Crippen molar-refractivity contribution in [3.8, 4) is 0 Å². The lowest BCUT2D eigenvalue weighted by molar-refractivity contribution is -0.139. The van der Waals surface area contributed by atoms with Gasteiger partial charge >= 0.3 is 5.97 Å². The van der Waals surface area contributed by atoms with Gasteiger partial charge in [-0.2, -0.15) is 0 Å².